The average molecular weight is 373 g/mol. The highest BCUT2D eigenvalue weighted by Crippen LogP contribution is 2.26. The Bertz CT molecular complexity index is 878. The number of carbonyl (C=O) groups excluding carboxylic acids is 1. The van der Waals surface area contributed by atoms with Crippen LogP contribution in [0.15, 0.2) is 53.4 Å². The maximum atomic E-state index is 12.2. The van der Waals surface area contributed by atoms with E-state index in [0.717, 1.165) is 24.3 Å². The van der Waals surface area contributed by atoms with E-state index in [1.54, 1.807) is 30.3 Å². The van der Waals surface area contributed by atoms with Crippen molar-refractivity contribution in [3.05, 3.63) is 59.7 Å². The first-order valence-electron chi connectivity index (χ1n) is 8.76. The standard InChI is InChI=1S/C20H23NO4S/c1-15(13-16-7-8-19-17(14-16)9-11-25-19)21-20(22)10-12-26(23,24)18-5-3-2-4-6-18/h2-8,14-15H,9-13H2,1H3,(H,21,22)/t15-/m0/s1. The monoisotopic (exact) mass is 373 g/mol. The molecule has 2 aromatic carbocycles. The Labute approximate surface area is 154 Å². The van der Waals surface area contributed by atoms with E-state index in [0.29, 0.717) is 6.42 Å². The molecule has 1 N–H and O–H groups in total. The molecule has 6 heteroatoms. The van der Waals surface area contributed by atoms with Crippen molar-refractivity contribution in [3.8, 4) is 5.75 Å². The number of rotatable bonds is 7. The van der Waals surface area contributed by atoms with E-state index in [2.05, 4.69) is 11.4 Å². The highest BCUT2D eigenvalue weighted by Gasteiger charge is 2.18. The number of amides is 1. The molecular formula is C20H23NO4S. The van der Waals surface area contributed by atoms with Gasteiger partial charge >= 0.3 is 0 Å². The second-order valence-electron chi connectivity index (χ2n) is 6.60. The minimum atomic E-state index is -3.43. The van der Waals surface area contributed by atoms with E-state index in [9.17, 15) is 13.2 Å². The Hall–Kier alpha value is -2.34. The summed E-state index contributed by atoms with van der Waals surface area (Å²) < 4.78 is 30.0. The predicted molar refractivity (Wildman–Crippen MR) is 100 cm³/mol. The van der Waals surface area contributed by atoms with E-state index in [4.69, 9.17) is 4.74 Å². The molecule has 0 bridgehead atoms. The summed E-state index contributed by atoms with van der Waals surface area (Å²) in [6, 6.07) is 14.2. The summed E-state index contributed by atoms with van der Waals surface area (Å²) in [5.74, 6) is 0.504. The van der Waals surface area contributed by atoms with Crippen LogP contribution in [-0.2, 0) is 27.5 Å². The van der Waals surface area contributed by atoms with Gasteiger partial charge in [-0.25, -0.2) is 8.42 Å². The predicted octanol–water partition coefficient (Wildman–Crippen LogP) is 2.53. The van der Waals surface area contributed by atoms with Gasteiger partial charge in [0.25, 0.3) is 0 Å². The van der Waals surface area contributed by atoms with Crippen molar-refractivity contribution in [2.24, 2.45) is 0 Å². The Morgan fingerprint density at radius 3 is 2.73 bits per heavy atom. The lowest BCUT2D eigenvalue weighted by molar-refractivity contribution is -0.121. The van der Waals surface area contributed by atoms with Crippen LogP contribution in [0.25, 0.3) is 0 Å². The maximum absolute atomic E-state index is 12.2. The van der Waals surface area contributed by atoms with Crippen molar-refractivity contribution in [1.29, 1.82) is 0 Å². The first-order valence-corrected chi connectivity index (χ1v) is 10.4. The average Bonchev–Trinajstić information content (AvgIpc) is 3.08. The smallest absolute Gasteiger partial charge is 0.221 e. The zero-order chi connectivity index (χ0) is 18.6. The van der Waals surface area contributed by atoms with Gasteiger partial charge in [0.15, 0.2) is 9.84 Å². The lowest BCUT2D eigenvalue weighted by atomic mass is 10.0. The molecule has 26 heavy (non-hydrogen) atoms. The molecule has 0 spiro atoms. The SMILES string of the molecule is C[C@@H](Cc1ccc2c(c1)CCO2)NC(=O)CCS(=O)(=O)c1ccccc1. The molecule has 0 unspecified atom stereocenters. The van der Waals surface area contributed by atoms with Gasteiger partial charge in [-0.3, -0.25) is 4.79 Å². The zero-order valence-electron chi connectivity index (χ0n) is 14.8. The molecule has 0 fully saturated rings. The highest BCUT2D eigenvalue weighted by atomic mass is 32.2. The van der Waals surface area contributed by atoms with Gasteiger partial charge < -0.3 is 10.1 Å². The molecule has 1 atom stereocenters. The van der Waals surface area contributed by atoms with Gasteiger partial charge in [-0.2, -0.15) is 0 Å². The number of carbonyl (C=O) groups is 1. The molecule has 0 saturated carbocycles. The number of nitrogens with one attached hydrogen (secondary N) is 1. The van der Waals surface area contributed by atoms with Crippen LogP contribution in [0, 0.1) is 0 Å². The lowest BCUT2D eigenvalue weighted by Crippen LogP contribution is -2.35. The summed E-state index contributed by atoms with van der Waals surface area (Å²) in [6.07, 6.45) is 1.57. The number of ether oxygens (including phenoxy) is 1. The van der Waals surface area contributed by atoms with Gasteiger partial charge in [-0.05, 0) is 42.7 Å². The van der Waals surface area contributed by atoms with Gasteiger partial charge in [0.2, 0.25) is 5.91 Å². The molecule has 0 radical (unpaired) electrons. The Morgan fingerprint density at radius 1 is 1.19 bits per heavy atom. The van der Waals surface area contributed by atoms with Crippen LogP contribution in [0.2, 0.25) is 0 Å². The molecule has 2 aromatic rings. The zero-order valence-corrected chi connectivity index (χ0v) is 15.6. The van der Waals surface area contributed by atoms with E-state index >= 15 is 0 Å². The summed E-state index contributed by atoms with van der Waals surface area (Å²) in [6.45, 7) is 2.65. The highest BCUT2D eigenvalue weighted by molar-refractivity contribution is 7.91. The minimum Gasteiger partial charge on any atom is -0.493 e. The topological polar surface area (TPSA) is 72.5 Å². The third-order valence-corrected chi connectivity index (χ3v) is 6.14. The largest absolute Gasteiger partial charge is 0.493 e. The van der Waals surface area contributed by atoms with Crippen molar-refractivity contribution in [2.45, 2.75) is 37.1 Å². The number of sulfone groups is 1. The molecule has 1 aliphatic heterocycles. The molecule has 1 aliphatic rings. The maximum Gasteiger partial charge on any atom is 0.221 e. The molecule has 0 saturated heterocycles. The number of fused-ring (bicyclic) bond motifs is 1. The second-order valence-corrected chi connectivity index (χ2v) is 8.70. The first-order chi connectivity index (χ1) is 12.4. The van der Waals surface area contributed by atoms with Crippen LogP contribution in [0.3, 0.4) is 0 Å². The van der Waals surface area contributed by atoms with Crippen molar-refractivity contribution in [1.82, 2.24) is 5.32 Å². The van der Waals surface area contributed by atoms with Gasteiger partial charge in [0.05, 0.1) is 17.3 Å². The summed E-state index contributed by atoms with van der Waals surface area (Å²) in [7, 11) is -3.43. The second kappa shape index (κ2) is 7.91. The first kappa shape index (κ1) is 18.5. The number of hydrogen-bond acceptors (Lipinski definition) is 4. The van der Waals surface area contributed by atoms with Crippen molar-refractivity contribution < 1.29 is 17.9 Å². The van der Waals surface area contributed by atoms with E-state index < -0.39 is 9.84 Å². The molecule has 138 valence electrons. The fourth-order valence-corrected chi connectivity index (χ4v) is 4.35. The molecule has 3 rings (SSSR count). The van der Waals surface area contributed by atoms with Crippen LogP contribution in [0.5, 0.6) is 5.75 Å². The summed E-state index contributed by atoms with van der Waals surface area (Å²) in [4.78, 5) is 12.4. The Kier molecular flexibility index (Phi) is 5.61. The molecular weight excluding hydrogens is 350 g/mol. The summed E-state index contributed by atoms with van der Waals surface area (Å²) in [5.41, 5.74) is 2.34. The van der Waals surface area contributed by atoms with E-state index in [1.165, 1.54) is 5.56 Å². The van der Waals surface area contributed by atoms with Crippen molar-refractivity contribution in [2.75, 3.05) is 12.4 Å². The normalized spacial score (nSPS) is 14.3. The van der Waals surface area contributed by atoms with Crippen LogP contribution in [0.4, 0.5) is 0 Å². The quantitative estimate of drug-likeness (QED) is 0.809. The minimum absolute atomic E-state index is 0.0421. The van der Waals surface area contributed by atoms with Gasteiger partial charge in [0, 0.05) is 18.9 Å². The third-order valence-electron chi connectivity index (χ3n) is 4.40. The molecule has 0 aromatic heterocycles. The van der Waals surface area contributed by atoms with Crippen LogP contribution in [-0.4, -0.2) is 32.7 Å². The molecule has 0 aliphatic carbocycles. The van der Waals surface area contributed by atoms with E-state index in [1.807, 2.05) is 19.1 Å². The van der Waals surface area contributed by atoms with E-state index in [-0.39, 0.29) is 29.0 Å². The van der Waals surface area contributed by atoms with Crippen molar-refractivity contribution in [3.63, 3.8) is 0 Å². The van der Waals surface area contributed by atoms with Crippen LogP contribution < -0.4 is 10.1 Å². The fraction of sp³-hybridized carbons (Fsp3) is 0.350. The fourth-order valence-electron chi connectivity index (χ4n) is 3.09. The Balaban J connectivity index is 1.50. The van der Waals surface area contributed by atoms with Gasteiger partial charge in [0.1, 0.15) is 5.75 Å². The molecule has 5 nitrogen and oxygen atoms in total. The molecule has 1 heterocycles. The lowest BCUT2D eigenvalue weighted by Gasteiger charge is -2.14. The summed E-state index contributed by atoms with van der Waals surface area (Å²) in [5, 5.41) is 2.89. The van der Waals surface area contributed by atoms with Crippen LogP contribution >= 0.6 is 0 Å². The van der Waals surface area contributed by atoms with Crippen molar-refractivity contribution >= 4 is 15.7 Å². The summed E-state index contributed by atoms with van der Waals surface area (Å²) >= 11 is 0. The number of hydrogen-bond donors (Lipinski definition) is 1. The van der Waals surface area contributed by atoms with Crippen LogP contribution in [0.1, 0.15) is 24.5 Å². The number of benzene rings is 2. The third kappa shape index (κ3) is 4.64. The molecule has 1 amide bonds. The Morgan fingerprint density at radius 2 is 1.96 bits per heavy atom. The van der Waals surface area contributed by atoms with Gasteiger partial charge in [-0.1, -0.05) is 30.3 Å². The van der Waals surface area contributed by atoms with Gasteiger partial charge in [-0.15, -0.1) is 0 Å².